The Kier molecular flexibility index (Phi) is 4.34. The molecule has 1 rings (SSSR count). The van der Waals surface area contributed by atoms with E-state index < -0.39 is 0 Å². The number of rotatable bonds is 1. The quantitative estimate of drug-likeness (QED) is 0.565. The molecule has 0 saturated carbocycles. The van der Waals surface area contributed by atoms with Crippen LogP contribution in [0.5, 0.6) is 0 Å². The fourth-order valence-electron chi connectivity index (χ4n) is 1.35. The van der Waals surface area contributed by atoms with Crippen LogP contribution in [-0.2, 0) is 0 Å². The molecule has 0 spiro atoms. The Hall–Kier alpha value is -1.05. The molecule has 1 aromatic carbocycles. The van der Waals surface area contributed by atoms with Crippen molar-refractivity contribution < 1.29 is 0 Å². The lowest BCUT2D eigenvalue weighted by molar-refractivity contribution is 0.648. The molecule has 16 heavy (non-hydrogen) atoms. The highest BCUT2D eigenvalue weighted by molar-refractivity contribution is 8.23. The van der Waals surface area contributed by atoms with E-state index in [-0.39, 0.29) is 0 Å². The molecule has 0 bridgehead atoms. The monoisotopic (exact) mass is 250 g/mol. The summed E-state index contributed by atoms with van der Waals surface area (Å²) in [5.74, 6) is 0. The van der Waals surface area contributed by atoms with Crippen LogP contribution in [0.25, 0.3) is 0 Å². The second-order valence-electron chi connectivity index (χ2n) is 3.81. The lowest BCUT2D eigenvalue weighted by Gasteiger charge is -2.15. The molecule has 0 heterocycles. The largest absolute Gasteiger partial charge is 0.363 e. The van der Waals surface area contributed by atoms with Crippen molar-refractivity contribution in [1.29, 1.82) is 5.26 Å². The summed E-state index contributed by atoms with van der Waals surface area (Å²) in [5, 5.41) is 8.86. The molecule has 0 saturated heterocycles. The third kappa shape index (κ3) is 2.97. The first kappa shape index (κ1) is 13.0. The Morgan fingerprint density at radius 1 is 1.31 bits per heavy atom. The molecule has 2 nitrogen and oxygen atoms in total. The van der Waals surface area contributed by atoms with Gasteiger partial charge < -0.3 is 4.90 Å². The third-order valence-electron chi connectivity index (χ3n) is 2.14. The molecule has 0 fully saturated rings. The Balaban J connectivity index is 3.07. The summed E-state index contributed by atoms with van der Waals surface area (Å²) in [6.45, 7) is 4.02. The van der Waals surface area contributed by atoms with Crippen LogP contribution in [0, 0.1) is 25.2 Å². The normalized spacial score (nSPS) is 9.69. The molecule has 0 aliphatic heterocycles. The van der Waals surface area contributed by atoms with E-state index in [4.69, 9.17) is 17.5 Å². The zero-order valence-corrected chi connectivity index (χ0v) is 11.5. The van der Waals surface area contributed by atoms with E-state index in [2.05, 4.69) is 6.07 Å². The highest BCUT2D eigenvalue weighted by Gasteiger charge is 2.09. The fraction of sp³-hybridized carbons (Fsp3) is 0.333. The van der Waals surface area contributed by atoms with E-state index in [9.17, 15) is 0 Å². The Labute approximate surface area is 106 Å². The summed E-state index contributed by atoms with van der Waals surface area (Å²) in [7, 11) is 3.87. The predicted octanol–water partition coefficient (Wildman–Crippen LogP) is 3.11. The van der Waals surface area contributed by atoms with E-state index in [1.807, 2.05) is 45.0 Å². The van der Waals surface area contributed by atoms with Crippen molar-refractivity contribution in [1.82, 2.24) is 4.90 Å². The lowest BCUT2D eigenvalue weighted by atomic mass is 10.1. The molecule has 0 amide bonds. The maximum Gasteiger partial charge on any atom is 0.140 e. The molecule has 0 atom stereocenters. The highest BCUT2D eigenvalue weighted by Crippen LogP contribution is 2.29. The number of thioether (sulfide) groups is 1. The van der Waals surface area contributed by atoms with E-state index in [1.54, 1.807) is 11.8 Å². The first-order valence-electron chi connectivity index (χ1n) is 4.86. The molecule has 0 N–H and O–H groups in total. The van der Waals surface area contributed by atoms with Gasteiger partial charge >= 0.3 is 0 Å². The summed E-state index contributed by atoms with van der Waals surface area (Å²) in [4.78, 5) is 3.06. The maximum atomic E-state index is 8.86. The van der Waals surface area contributed by atoms with Crippen LogP contribution in [0.4, 0.5) is 0 Å². The fourth-order valence-corrected chi connectivity index (χ4v) is 2.40. The van der Waals surface area contributed by atoms with Crippen molar-refractivity contribution in [3.05, 3.63) is 28.8 Å². The summed E-state index contributed by atoms with van der Waals surface area (Å²) < 4.78 is 0.830. The number of thiocarbonyl (C=S) groups is 1. The Morgan fingerprint density at radius 3 is 2.19 bits per heavy atom. The molecular formula is C12H14N2S2. The van der Waals surface area contributed by atoms with Crippen LogP contribution in [0.15, 0.2) is 17.0 Å². The van der Waals surface area contributed by atoms with Gasteiger partial charge in [0.2, 0.25) is 0 Å². The van der Waals surface area contributed by atoms with Crippen LogP contribution in [0.3, 0.4) is 0 Å². The molecule has 0 aliphatic rings. The van der Waals surface area contributed by atoms with Crippen molar-refractivity contribution in [2.45, 2.75) is 18.7 Å². The number of nitriles is 1. The average Bonchev–Trinajstić information content (AvgIpc) is 2.22. The molecular weight excluding hydrogens is 236 g/mol. The average molecular weight is 250 g/mol. The standard InChI is InChI=1S/C12H14N2S2/c1-8-5-10(7-13)6-9(2)11(8)16-12(15)14(3)4/h5-6H,1-4H3. The number of nitrogens with zero attached hydrogens (tertiary/aromatic N) is 2. The molecule has 1 aromatic rings. The van der Waals surface area contributed by atoms with Gasteiger partial charge in [-0.15, -0.1) is 0 Å². The molecule has 84 valence electrons. The number of hydrogen-bond acceptors (Lipinski definition) is 3. The van der Waals surface area contributed by atoms with Gasteiger partial charge in [-0.3, -0.25) is 0 Å². The van der Waals surface area contributed by atoms with Crippen LogP contribution in [-0.4, -0.2) is 23.3 Å². The van der Waals surface area contributed by atoms with Gasteiger partial charge in [0.15, 0.2) is 0 Å². The molecule has 4 heteroatoms. The first-order valence-corrected chi connectivity index (χ1v) is 6.08. The molecule has 0 radical (unpaired) electrons. The Morgan fingerprint density at radius 2 is 1.81 bits per heavy atom. The molecule has 0 aromatic heterocycles. The lowest BCUT2D eigenvalue weighted by Crippen LogP contribution is -2.16. The topological polar surface area (TPSA) is 27.0 Å². The van der Waals surface area contributed by atoms with Crippen LogP contribution in [0.1, 0.15) is 16.7 Å². The summed E-state index contributed by atoms with van der Waals surface area (Å²) >= 11 is 6.84. The van der Waals surface area contributed by atoms with Crippen molar-refractivity contribution >= 4 is 28.3 Å². The predicted molar refractivity (Wildman–Crippen MR) is 72.8 cm³/mol. The minimum atomic E-state index is 0.704. The van der Waals surface area contributed by atoms with Crippen LogP contribution in [0.2, 0.25) is 0 Å². The van der Waals surface area contributed by atoms with Gasteiger partial charge in [0.1, 0.15) is 4.32 Å². The van der Waals surface area contributed by atoms with Gasteiger partial charge in [-0.1, -0.05) is 24.0 Å². The summed E-state index contributed by atoms with van der Waals surface area (Å²) in [6, 6.07) is 5.95. The van der Waals surface area contributed by atoms with E-state index in [0.29, 0.717) is 5.56 Å². The van der Waals surface area contributed by atoms with Gasteiger partial charge in [-0.2, -0.15) is 5.26 Å². The maximum absolute atomic E-state index is 8.86. The van der Waals surface area contributed by atoms with E-state index >= 15 is 0 Å². The van der Waals surface area contributed by atoms with Crippen molar-refractivity contribution in [3.8, 4) is 6.07 Å². The van der Waals surface area contributed by atoms with Gasteiger partial charge in [0, 0.05) is 19.0 Å². The number of benzene rings is 1. The second kappa shape index (κ2) is 5.33. The van der Waals surface area contributed by atoms with E-state index in [1.165, 1.54) is 0 Å². The zero-order chi connectivity index (χ0) is 12.3. The second-order valence-corrected chi connectivity index (χ2v) is 5.46. The Bertz CT molecular complexity index is 436. The molecule has 0 aliphatic carbocycles. The number of hydrogen-bond donors (Lipinski definition) is 0. The van der Waals surface area contributed by atoms with Crippen LogP contribution >= 0.6 is 24.0 Å². The third-order valence-corrected chi connectivity index (χ3v) is 4.15. The SMILES string of the molecule is Cc1cc(C#N)cc(C)c1SC(=S)N(C)C. The molecule has 0 unspecified atom stereocenters. The van der Waals surface area contributed by atoms with Crippen molar-refractivity contribution in [3.63, 3.8) is 0 Å². The van der Waals surface area contributed by atoms with Crippen molar-refractivity contribution in [2.75, 3.05) is 14.1 Å². The number of aryl methyl sites for hydroxylation is 2. The van der Waals surface area contributed by atoms with E-state index in [0.717, 1.165) is 20.3 Å². The van der Waals surface area contributed by atoms with Gasteiger partial charge in [-0.05, 0) is 37.1 Å². The smallest absolute Gasteiger partial charge is 0.140 e. The van der Waals surface area contributed by atoms with Crippen molar-refractivity contribution in [2.24, 2.45) is 0 Å². The van der Waals surface area contributed by atoms with Gasteiger partial charge in [0.05, 0.1) is 11.6 Å². The summed E-state index contributed by atoms with van der Waals surface area (Å²) in [5.41, 5.74) is 2.91. The minimum absolute atomic E-state index is 0.704. The van der Waals surface area contributed by atoms with Crippen LogP contribution < -0.4 is 0 Å². The van der Waals surface area contributed by atoms with Gasteiger partial charge in [0.25, 0.3) is 0 Å². The highest BCUT2D eigenvalue weighted by atomic mass is 32.2. The first-order chi connectivity index (χ1) is 7.45. The van der Waals surface area contributed by atoms with Gasteiger partial charge in [-0.25, -0.2) is 0 Å². The minimum Gasteiger partial charge on any atom is -0.363 e. The zero-order valence-electron chi connectivity index (χ0n) is 9.87. The summed E-state index contributed by atoms with van der Waals surface area (Å²) in [6.07, 6.45) is 0.